The molecule has 12 nitrogen and oxygen atoms in total. The molecule has 5 heterocycles. The summed E-state index contributed by atoms with van der Waals surface area (Å²) >= 11 is 0. The van der Waals surface area contributed by atoms with Gasteiger partial charge in [0.2, 0.25) is 5.95 Å². The highest BCUT2D eigenvalue weighted by atomic mass is 16.1. The second-order valence-electron chi connectivity index (χ2n) is 10.1. The first-order valence-corrected chi connectivity index (χ1v) is 13.0. The number of rotatable bonds is 5. The molecule has 38 heavy (non-hydrogen) atoms. The lowest BCUT2D eigenvalue weighted by atomic mass is 9.96. The number of nitrogens with one attached hydrogen (secondary N) is 2. The van der Waals surface area contributed by atoms with Crippen LogP contribution < -0.4 is 15.1 Å². The summed E-state index contributed by atoms with van der Waals surface area (Å²) in [4.78, 5) is 26.7. The normalized spacial score (nSPS) is 19.7. The van der Waals surface area contributed by atoms with Crippen molar-refractivity contribution in [2.75, 3.05) is 35.3 Å². The molecule has 1 fully saturated rings. The first-order valence-electron chi connectivity index (χ1n) is 13.0. The van der Waals surface area contributed by atoms with Crippen LogP contribution in [0.5, 0.6) is 0 Å². The van der Waals surface area contributed by atoms with Gasteiger partial charge in [0.15, 0.2) is 0 Å². The van der Waals surface area contributed by atoms with Crippen LogP contribution in [-0.4, -0.2) is 66.4 Å². The van der Waals surface area contributed by atoms with Crippen LogP contribution in [0.1, 0.15) is 46.1 Å². The maximum atomic E-state index is 13.4. The first kappa shape index (κ1) is 24.0. The Hall–Kier alpha value is -4.35. The molecule has 12 heteroatoms. The zero-order chi connectivity index (χ0) is 26.4. The van der Waals surface area contributed by atoms with Crippen LogP contribution in [0.3, 0.4) is 0 Å². The van der Waals surface area contributed by atoms with E-state index in [2.05, 4.69) is 52.8 Å². The third kappa shape index (κ3) is 4.05. The van der Waals surface area contributed by atoms with E-state index in [4.69, 9.17) is 0 Å². The minimum absolute atomic E-state index is 0.202. The average Bonchev–Trinajstić information content (AvgIpc) is 3.60. The van der Waals surface area contributed by atoms with Crippen LogP contribution in [0.25, 0.3) is 22.3 Å². The number of nitrogens with zero attached hydrogens (tertiary/aromatic N) is 9. The summed E-state index contributed by atoms with van der Waals surface area (Å²) in [5.74, 6) is 2.02. The standard InChI is InChI=1S/C26H31N11O/c1-5-17-7-6-10-36(13-17)22-12-21(27-14-28-22)24-19-11-18(8-9-20(19)30-31-24)29-25(38)23-15(2)35(4)26-32-33-34-37(26)16(23)3/h8-9,11-12,14,16-17H,5-7,10,13H2,1-4H3,(H,29,38)(H,30,31)/t16-,17+/m0/s1. The second kappa shape index (κ2) is 9.51. The number of benzene rings is 1. The number of anilines is 3. The SMILES string of the molecule is CC[C@@H]1CCCN(c2cc(-c3n[nH]c4ccc(NC(=O)C5=C(C)N(C)c6nnnn6[C@H]5C)cc34)ncn2)C1. The van der Waals surface area contributed by atoms with E-state index in [0.717, 1.165) is 46.9 Å². The molecule has 0 bridgehead atoms. The second-order valence-corrected chi connectivity index (χ2v) is 10.1. The summed E-state index contributed by atoms with van der Waals surface area (Å²) in [7, 11) is 1.85. The zero-order valence-corrected chi connectivity index (χ0v) is 22.0. The quantitative estimate of drug-likeness (QED) is 0.411. The van der Waals surface area contributed by atoms with Gasteiger partial charge in [0.1, 0.15) is 17.8 Å². The summed E-state index contributed by atoms with van der Waals surface area (Å²) in [6.45, 7) is 8.08. The van der Waals surface area contributed by atoms with Gasteiger partial charge in [0.05, 0.1) is 22.8 Å². The number of piperidine rings is 1. The highest BCUT2D eigenvalue weighted by Crippen LogP contribution is 2.34. The van der Waals surface area contributed by atoms with Crippen molar-refractivity contribution >= 4 is 34.3 Å². The Bertz CT molecular complexity index is 1540. The minimum atomic E-state index is -0.300. The summed E-state index contributed by atoms with van der Waals surface area (Å²) in [6, 6.07) is 7.41. The van der Waals surface area contributed by atoms with Crippen molar-refractivity contribution in [3.63, 3.8) is 0 Å². The Kier molecular flexibility index (Phi) is 6.01. The van der Waals surface area contributed by atoms with Gasteiger partial charge >= 0.3 is 0 Å². The van der Waals surface area contributed by atoms with Gasteiger partial charge in [-0.3, -0.25) is 9.89 Å². The molecule has 0 radical (unpaired) electrons. The van der Waals surface area contributed by atoms with E-state index in [-0.39, 0.29) is 11.9 Å². The third-order valence-electron chi connectivity index (χ3n) is 7.83. The summed E-state index contributed by atoms with van der Waals surface area (Å²) < 4.78 is 1.65. The number of allylic oxidation sites excluding steroid dienone is 1. The molecule has 4 aromatic rings. The van der Waals surface area contributed by atoms with E-state index in [1.54, 1.807) is 11.0 Å². The number of amides is 1. The molecule has 2 atom stereocenters. The fourth-order valence-corrected chi connectivity index (χ4v) is 5.51. The topological polar surface area (TPSA) is 134 Å². The largest absolute Gasteiger partial charge is 0.356 e. The zero-order valence-electron chi connectivity index (χ0n) is 22.0. The number of hydrogen-bond donors (Lipinski definition) is 2. The lowest BCUT2D eigenvalue weighted by molar-refractivity contribution is -0.113. The lowest BCUT2D eigenvalue weighted by Gasteiger charge is -2.33. The molecule has 0 saturated carbocycles. The van der Waals surface area contributed by atoms with Crippen molar-refractivity contribution in [1.82, 2.24) is 40.4 Å². The Morgan fingerprint density at radius 1 is 1.24 bits per heavy atom. The fourth-order valence-electron chi connectivity index (χ4n) is 5.51. The molecular weight excluding hydrogens is 482 g/mol. The summed E-state index contributed by atoms with van der Waals surface area (Å²) in [6.07, 6.45) is 5.22. The van der Waals surface area contributed by atoms with Gasteiger partial charge in [0.25, 0.3) is 5.91 Å². The summed E-state index contributed by atoms with van der Waals surface area (Å²) in [5.41, 5.74) is 4.41. The van der Waals surface area contributed by atoms with Crippen LogP contribution in [0.15, 0.2) is 41.9 Å². The van der Waals surface area contributed by atoms with Gasteiger partial charge < -0.3 is 15.1 Å². The van der Waals surface area contributed by atoms with E-state index in [1.807, 2.05) is 50.1 Å². The van der Waals surface area contributed by atoms with Gasteiger partial charge in [0, 0.05) is 43.0 Å². The highest BCUT2D eigenvalue weighted by molar-refractivity contribution is 6.07. The predicted molar refractivity (Wildman–Crippen MR) is 145 cm³/mol. The maximum absolute atomic E-state index is 13.4. The molecule has 1 saturated heterocycles. The van der Waals surface area contributed by atoms with Crippen molar-refractivity contribution in [3.05, 3.63) is 41.9 Å². The van der Waals surface area contributed by atoms with E-state index < -0.39 is 0 Å². The van der Waals surface area contributed by atoms with Crippen LogP contribution in [-0.2, 0) is 4.79 Å². The molecule has 1 aromatic carbocycles. The number of carbonyl (C=O) groups is 1. The number of hydrogen-bond acceptors (Lipinski definition) is 9. The molecule has 2 aliphatic heterocycles. The van der Waals surface area contributed by atoms with E-state index in [0.29, 0.717) is 23.1 Å². The maximum Gasteiger partial charge on any atom is 0.255 e. The molecular formula is C26H31N11O. The number of fused-ring (bicyclic) bond motifs is 2. The molecule has 3 aromatic heterocycles. The molecule has 6 rings (SSSR count). The molecule has 0 spiro atoms. The smallest absolute Gasteiger partial charge is 0.255 e. The highest BCUT2D eigenvalue weighted by Gasteiger charge is 2.32. The minimum Gasteiger partial charge on any atom is -0.356 e. The number of H-pyrrole nitrogens is 1. The van der Waals surface area contributed by atoms with Gasteiger partial charge in [-0.25, -0.2) is 14.6 Å². The molecule has 0 aliphatic carbocycles. The number of tetrazole rings is 1. The summed E-state index contributed by atoms with van der Waals surface area (Å²) in [5, 5.41) is 23.5. The Morgan fingerprint density at radius 3 is 2.95 bits per heavy atom. The number of aromatic nitrogens is 8. The Morgan fingerprint density at radius 2 is 2.11 bits per heavy atom. The number of aromatic amines is 1. The van der Waals surface area contributed by atoms with Crippen molar-refractivity contribution in [3.8, 4) is 11.4 Å². The average molecular weight is 514 g/mol. The molecule has 196 valence electrons. The van der Waals surface area contributed by atoms with Gasteiger partial charge in [-0.1, -0.05) is 18.4 Å². The molecule has 0 unspecified atom stereocenters. The first-order chi connectivity index (χ1) is 18.4. The van der Waals surface area contributed by atoms with Crippen LogP contribution in [0.4, 0.5) is 17.5 Å². The van der Waals surface area contributed by atoms with Gasteiger partial charge in [-0.15, -0.1) is 0 Å². The predicted octanol–water partition coefficient (Wildman–Crippen LogP) is 3.56. The van der Waals surface area contributed by atoms with Crippen LogP contribution in [0.2, 0.25) is 0 Å². The molecule has 1 amide bonds. The lowest BCUT2D eigenvalue weighted by Crippen LogP contribution is -2.35. The Balaban J connectivity index is 1.28. The van der Waals surface area contributed by atoms with E-state index in [1.165, 1.54) is 19.3 Å². The van der Waals surface area contributed by atoms with E-state index >= 15 is 0 Å². The number of carbonyl (C=O) groups excluding carboxylic acids is 1. The van der Waals surface area contributed by atoms with Gasteiger partial charge in [-0.2, -0.15) is 5.10 Å². The molecule has 2 N–H and O–H groups in total. The van der Waals surface area contributed by atoms with Crippen molar-refractivity contribution in [2.45, 2.75) is 46.1 Å². The fraction of sp³-hybridized carbons (Fsp3) is 0.423. The Labute approximate surface area is 220 Å². The van der Waals surface area contributed by atoms with Crippen LogP contribution >= 0.6 is 0 Å². The molecule has 2 aliphatic rings. The van der Waals surface area contributed by atoms with Gasteiger partial charge in [-0.05, 0) is 61.2 Å². The third-order valence-corrected chi connectivity index (χ3v) is 7.83. The van der Waals surface area contributed by atoms with E-state index in [9.17, 15) is 4.79 Å². The van der Waals surface area contributed by atoms with Crippen molar-refractivity contribution < 1.29 is 4.79 Å². The van der Waals surface area contributed by atoms with Crippen LogP contribution in [0, 0.1) is 5.92 Å². The monoisotopic (exact) mass is 513 g/mol. The van der Waals surface area contributed by atoms with Crippen molar-refractivity contribution in [1.29, 1.82) is 0 Å². The van der Waals surface area contributed by atoms with Crippen molar-refractivity contribution in [2.24, 2.45) is 5.92 Å².